The molecule has 12 heavy (non-hydrogen) atoms. The van der Waals surface area contributed by atoms with Gasteiger partial charge in [0.05, 0.1) is 0 Å². The molecule has 0 atom stereocenters. The molecule has 0 aromatic heterocycles. The van der Waals surface area contributed by atoms with E-state index >= 15 is 0 Å². The Labute approximate surface area is 77.0 Å². The van der Waals surface area contributed by atoms with Gasteiger partial charge in [0.25, 0.3) is 0 Å². The van der Waals surface area contributed by atoms with Gasteiger partial charge in [-0.05, 0) is 12.8 Å². The van der Waals surface area contributed by atoms with Crippen molar-refractivity contribution in [1.29, 1.82) is 0 Å². The molecule has 0 heterocycles. The van der Waals surface area contributed by atoms with E-state index in [1.807, 2.05) is 6.08 Å². The fourth-order valence-electron chi connectivity index (χ4n) is 1.34. The minimum Gasteiger partial charge on any atom is -0.322 e. The largest absolute Gasteiger partial charge is 0.322 e. The van der Waals surface area contributed by atoms with Crippen LogP contribution >= 0.6 is 0 Å². The van der Waals surface area contributed by atoms with Crippen LogP contribution in [0.4, 0.5) is 0 Å². The molecule has 0 spiro atoms. The Morgan fingerprint density at radius 3 is 1.83 bits per heavy atom. The highest BCUT2D eigenvalue weighted by Gasteiger charge is 2.18. The van der Waals surface area contributed by atoms with Crippen LogP contribution < -0.4 is 5.73 Å². The fourth-order valence-corrected chi connectivity index (χ4v) is 1.34. The molecule has 0 aliphatic rings. The summed E-state index contributed by atoms with van der Waals surface area (Å²) in [5.41, 5.74) is 6.06. The monoisotopic (exact) mass is 169 g/mol. The Kier molecular flexibility index (Phi) is 6.09. The van der Waals surface area contributed by atoms with Crippen LogP contribution in [0.2, 0.25) is 0 Å². The second-order valence-electron chi connectivity index (χ2n) is 3.64. The first-order valence-corrected chi connectivity index (χ1v) is 5.11. The summed E-state index contributed by atoms with van der Waals surface area (Å²) >= 11 is 0. The Balaban J connectivity index is 3.78. The number of hydrogen-bond acceptors (Lipinski definition) is 1. The van der Waals surface area contributed by atoms with E-state index in [2.05, 4.69) is 20.4 Å². The third-order valence-electron chi connectivity index (χ3n) is 2.40. The number of rotatable bonds is 7. The molecule has 0 unspecified atom stereocenters. The van der Waals surface area contributed by atoms with Gasteiger partial charge in [0.15, 0.2) is 0 Å². The first-order chi connectivity index (χ1) is 5.68. The summed E-state index contributed by atoms with van der Waals surface area (Å²) in [6.45, 7) is 8.21. The summed E-state index contributed by atoms with van der Waals surface area (Å²) < 4.78 is 0. The topological polar surface area (TPSA) is 26.0 Å². The predicted octanol–water partition coefficient (Wildman–Crippen LogP) is 3.25. The highest BCUT2D eigenvalue weighted by molar-refractivity contribution is 4.99. The van der Waals surface area contributed by atoms with Crippen molar-refractivity contribution in [3.8, 4) is 0 Å². The van der Waals surface area contributed by atoms with Crippen LogP contribution in [-0.2, 0) is 0 Å². The lowest BCUT2D eigenvalue weighted by Gasteiger charge is -2.25. The van der Waals surface area contributed by atoms with Crippen molar-refractivity contribution >= 4 is 0 Å². The molecule has 1 heteroatoms. The molecule has 0 aliphatic heterocycles. The molecule has 0 aromatic carbocycles. The molecule has 0 saturated heterocycles. The van der Waals surface area contributed by atoms with E-state index < -0.39 is 0 Å². The van der Waals surface area contributed by atoms with Crippen molar-refractivity contribution in [2.24, 2.45) is 5.73 Å². The number of hydrogen-bond donors (Lipinski definition) is 1. The second kappa shape index (κ2) is 6.24. The Bertz CT molecular complexity index is 110. The van der Waals surface area contributed by atoms with Crippen LogP contribution in [-0.4, -0.2) is 5.54 Å². The molecular formula is C11H23N. The molecule has 1 nitrogen and oxygen atoms in total. The van der Waals surface area contributed by atoms with E-state index in [0.717, 1.165) is 12.8 Å². The van der Waals surface area contributed by atoms with Gasteiger partial charge in [-0.15, -0.1) is 6.58 Å². The minimum absolute atomic E-state index is 0.0912. The van der Waals surface area contributed by atoms with Gasteiger partial charge in [0.2, 0.25) is 0 Å². The zero-order valence-corrected chi connectivity index (χ0v) is 8.60. The highest BCUT2D eigenvalue weighted by Crippen LogP contribution is 2.19. The first kappa shape index (κ1) is 11.7. The SMILES string of the molecule is C=CC(N)(CCCC)CCCC. The van der Waals surface area contributed by atoms with Crippen molar-refractivity contribution in [3.63, 3.8) is 0 Å². The van der Waals surface area contributed by atoms with Crippen LogP contribution in [0.3, 0.4) is 0 Å². The summed E-state index contributed by atoms with van der Waals surface area (Å²) in [5.74, 6) is 0. The molecule has 0 aliphatic carbocycles. The predicted molar refractivity (Wildman–Crippen MR) is 56.2 cm³/mol. The summed E-state index contributed by atoms with van der Waals surface area (Å²) in [6, 6.07) is 0. The van der Waals surface area contributed by atoms with Crippen LogP contribution in [0.5, 0.6) is 0 Å². The summed E-state index contributed by atoms with van der Waals surface area (Å²) in [5, 5.41) is 0. The van der Waals surface area contributed by atoms with Gasteiger partial charge in [-0.25, -0.2) is 0 Å². The quantitative estimate of drug-likeness (QED) is 0.582. The zero-order valence-electron chi connectivity index (χ0n) is 8.60. The normalized spacial score (nSPS) is 11.6. The van der Waals surface area contributed by atoms with E-state index in [-0.39, 0.29) is 5.54 Å². The van der Waals surface area contributed by atoms with Crippen LogP contribution in [0, 0.1) is 0 Å². The maximum atomic E-state index is 6.15. The van der Waals surface area contributed by atoms with E-state index in [4.69, 9.17) is 5.73 Å². The molecular weight excluding hydrogens is 146 g/mol. The number of unbranched alkanes of at least 4 members (excludes halogenated alkanes) is 2. The minimum atomic E-state index is -0.0912. The van der Waals surface area contributed by atoms with Crippen LogP contribution in [0.25, 0.3) is 0 Å². The average Bonchev–Trinajstić information content (AvgIpc) is 2.11. The smallest absolute Gasteiger partial charge is 0.0336 e. The lowest BCUT2D eigenvalue weighted by atomic mass is 9.88. The Hall–Kier alpha value is -0.300. The van der Waals surface area contributed by atoms with Crippen molar-refractivity contribution < 1.29 is 0 Å². The van der Waals surface area contributed by atoms with Gasteiger partial charge in [0.1, 0.15) is 0 Å². The molecule has 72 valence electrons. The standard InChI is InChI=1S/C11H23N/c1-4-7-9-11(12,6-3)10-8-5-2/h6H,3-5,7-10,12H2,1-2H3. The third-order valence-corrected chi connectivity index (χ3v) is 2.40. The number of nitrogens with two attached hydrogens (primary N) is 1. The Morgan fingerprint density at radius 2 is 1.58 bits per heavy atom. The molecule has 0 saturated carbocycles. The fraction of sp³-hybridized carbons (Fsp3) is 0.818. The molecule has 0 radical (unpaired) electrons. The molecule has 0 bridgehead atoms. The van der Waals surface area contributed by atoms with Gasteiger partial charge in [0, 0.05) is 5.54 Å². The maximum absolute atomic E-state index is 6.15. The Morgan fingerprint density at radius 1 is 1.17 bits per heavy atom. The van der Waals surface area contributed by atoms with Gasteiger partial charge >= 0.3 is 0 Å². The maximum Gasteiger partial charge on any atom is 0.0336 e. The lowest BCUT2D eigenvalue weighted by Crippen LogP contribution is -2.37. The van der Waals surface area contributed by atoms with Gasteiger partial charge in [-0.3, -0.25) is 0 Å². The second-order valence-corrected chi connectivity index (χ2v) is 3.64. The van der Waals surface area contributed by atoms with Crippen molar-refractivity contribution in [2.75, 3.05) is 0 Å². The van der Waals surface area contributed by atoms with Gasteiger partial charge in [-0.1, -0.05) is 45.6 Å². The van der Waals surface area contributed by atoms with Gasteiger partial charge in [-0.2, -0.15) is 0 Å². The van der Waals surface area contributed by atoms with Crippen LogP contribution in [0.1, 0.15) is 52.4 Å². The third kappa shape index (κ3) is 4.55. The summed E-state index contributed by atoms with van der Waals surface area (Å²) in [7, 11) is 0. The molecule has 2 N–H and O–H groups in total. The summed E-state index contributed by atoms with van der Waals surface area (Å²) in [6.07, 6.45) is 8.98. The molecule has 0 aromatic rings. The van der Waals surface area contributed by atoms with Gasteiger partial charge < -0.3 is 5.73 Å². The zero-order chi connectivity index (χ0) is 9.45. The van der Waals surface area contributed by atoms with E-state index in [9.17, 15) is 0 Å². The van der Waals surface area contributed by atoms with E-state index in [1.54, 1.807) is 0 Å². The first-order valence-electron chi connectivity index (χ1n) is 5.11. The molecule has 0 amide bonds. The molecule has 0 rings (SSSR count). The van der Waals surface area contributed by atoms with Crippen molar-refractivity contribution in [1.82, 2.24) is 0 Å². The average molecular weight is 169 g/mol. The molecule has 0 fully saturated rings. The van der Waals surface area contributed by atoms with E-state index in [1.165, 1.54) is 25.7 Å². The highest BCUT2D eigenvalue weighted by atomic mass is 14.7. The van der Waals surface area contributed by atoms with Crippen molar-refractivity contribution in [2.45, 2.75) is 57.9 Å². The van der Waals surface area contributed by atoms with Crippen molar-refractivity contribution in [3.05, 3.63) is 12.7 Å². The lowest BCUT2D eigenvalue weighted by molar-refractivity contribution is 0.420. The summed E-state index contributed by atoms with van der Waals surface area (Å²) in [4.78, 5) is 0. The van der Waals surface area contributed by atoms with E-state index in [0.29, 0.717) is 0 Å². The van der Waals surface area contributed by atoms with Crippen LogP contribution in [0.15, 0.2) is 12.7 Å².